The number of ether oxygens (including phenoxy) is 4. The quantitative estimate of drug-likeness (QED) is 0.464. The molecule has 8 heteroatoms. The molecule has 0 fully saturated rings. The second kappa shape index (κ2) is 8.77. The summed E-state index contributed by atoms with van der Waals surface area (Å²) in [6.45, 7) is 0. The summed E-state index contributed by atoms with van der Waals surface area (Å²) in [5.74, 6) is -0.657. The molecule has 1 heterocycles. The summed E-state index contributed by atoms with van der Waals surface area (Å²) in [6, 6.07) is 9.77. The number of rotatable bonds is 7. The Hall–Kier alpha value is -3.68. The number of fused-ring (bicyclic) bond motifs is 1. The number of carbonyl (C=O) groups excluding carboxylic acids is 1. The molecule has 8 nitrogen and oxygen atoms in total. The van der Waals surface area contributed by atoms with Gasteiger partial charge >= 0.3 is 11.6 Å². The Morgan fingerprint density at radius 2 is 1.63 bits per heavy atom. The van der Waals surface area contributed by atoms with Crippen LogP contribution in [-0.2, 0) is 9.53 Å². The van der Waals surface area contributed by atoms with E-state index >= 15 is 0 Å². The minimum atomic E-state index is -0.923. The number of hydrogen-bond acceptors (Lipinski definition) is 8. The van der Waals surface area contributed by atoms with E-state index in [0.29, 0.717) is 28.2 Å². The summed E-state index contributed by atoms with van der Waals surface area (Å²) in [7, 11) is 5.63. The van der Waals surface area contributed by atoms with Crippen molar-refractivity contribution in [2.45, 2.75) is 12.3 Å². The van der Waals surface area contributed by atoms with Crippen LogP contribution in [-0.4, -0.2) is 39.5 Å². The van der Waals surface area contributed by atoms with E-state index in [9.17, 15) is 14.7 Å². The van der Waals surface area contributed by atoms with Crippen LogP contribution < -0.4 is 19.8 Å². The number of benzene rings is 2. The fraction of sp³-hybridized carbons (Fsp3) is 0.273. The average molecular weight is 414 g/mol. The van der Waals surface area contributed by atoms with Gasteiger partial charge in [0.05, 0.1) is 45.8 Å². The third kappa shape index (κ3) is 3.76. The van der Waals surface area contributed by atoms with Crippen molar-refractivity contribution in [2.24, 2.45) is 0 Å². The van der Waals surface area contributed by atoms with E-state index in [0.717, 1.165) is 0 Å². The minimum Gasteiger partial charge on any atom is -0.507 e. The van der Waals surface area contributed by atoms with Crippen molar-refractivity contribution in [3.8, 4) is 23.0 Å². The van der Waals surface area contributed by atoms with Gasteiger partial charge in [-0.2, -0.15) is 0 Å². The van der Waals surface area contributed by atoms with Gasteiger partial charge in [-0.3, -0.25) is 4.79 Å². The van der Waals surface area contributed by atoms with Crippen molar-refractivity contribution < 1.29 is 33.3 Å². The number of carbonyl (C=O) groups is 1. The Morgan fingerprint density at radius 1 is 1.00 bits per heavy atom. The molecule has 0 aliphatic carbocycles. The fourth-order valence-corrected chi connectivity index (χ4v) is 3.40. The lowest BCUT2D eigenvalue weighted by atomic mass is 9.87. The lowest BCUT2D eigenvalue weighted by Gasteiger charge is -2.21. The third-order valence-electron chi connectivity index (χ3n) is 4.88. The highest BCUT2D eigenvalue weighted by atomic mass is 16.5. The Labute approximate surface area is 172 Å². The first-order valence-electron chi connectivity index (χ1n) is 9.06. The van der Waals surface area contributed by atoms with Crippen LogP contribution in [0.1, 0.15) is 23.5 Å². The van der Waals surface area contributed by atoms with Crippen LogP contribution in [0.25, 0.3) is 11.0 Å². The molecule has 0 spiro atoms. The average Bonchev–Trinajstić information content (AvgIpc) is 2.77. The van der Waals surface area contributed by atoms with Gasteiger partial charge in [0.1, 0.15) is 17.1 Å². The molecule has 0 saturated carbocycles. The summed E-state index contributed by atoms with van der Waals surface area (Å²) >= 11 is 0. The van der Waals surface area contributed by atoms with E-state index in [1.54, 1.807) is 36.4 Å². The highest BCUT2D eigenvalue weighted by Crippen LogP contribution is 2.44. The van der Waals surface area contributed by atoms with E-state index < -0.39 is 17.5 Å². The summed E-state index contributed by atoms with van der Waals surface area (Å²) in [5.41, 5.74) is -0.181. The maximum absolute atomic E-state index is 12.8. The van der Waals surface area contributed by atoms with Gasteiger partial charge in [-0.05, 0) is 18.2 Å². The molecule has 0 aliphatic heterocycles. The van der Waals surface area contributed by atoms with Crippen molar-refractivity contribution in [1.82, 2.24) is 0 Å². The van der Waals surface area contributed by atoms with Gasteiger partial charge in [-0.25, -0.2) is 4.79 Å². The first kappa shape index (κ1) is 21.0. The Kier molecular flexibility index (Phi) is 6.15. The molecule has 3 aromatic rings. The molecule has 2 aromatic carbocycles. The molecule has 3 rings (SSSR count). The summed E-state index contributed by atoms with van der Waals surface area (Å²) in [4.78, 5) is 25.0. The number of para-hydroxylation sites is 1. The van der Waals surface area contributed by atoms with Gasteiger partial charge in [-0.15, -0.1) is 0 Å². The molecule has 158 valence electrons. The normalized spacial score (nSPS) is 11.7. The monoisotopic (exact) mass is 414 g/mol. The molecular weight excluding hydrogens is 392 g/mol. The third-order valence-corrected chi connectivity index (χ3v) is 4.88. The van der Waals surface area contributed by atoms with Crippen LogP contribution in [0.15, 0.2) is 45.6 Å². The highest BCUT2D eigenvalue weighted by Gasteiger charge is 2.30. The first-order valence-corrected chi connectivity index (χ1v) is 9.06. The van der Waals surface area contributed by atoms with Crippen LogP contribution in [0.3, 0.4) is 0 Å². The Bertz CT molecular complexity index is 1130. The van der Waals surface area contributed by atoms with E-state index in [1.807, 2.05) is 0 Å². The number of aromatic hydroxyl groups is 1. The summed E-state index contributed by atoms with van der Waals surface area (Å²) in [6.07, 6.45) is -0.237. The van der Waals surface area contributed by atoms with E-state index in [2.05, 4.69) is 0 Å². The van der Waals surface area contributed by atoms with Gasteiger partial charge in [0.25, 0.3) is 0 Å². The lowest BCUT2D eigenvalue weighted by molar-refractivity contribution is -0.140. The van der Waals surface area contributed by atoms with Crippen LogP contribution in [0, 0.1) is 0 Å². The van der Waals surface area contributed by atoms with E-state index in [4.69, 9.17) is 23.4 Å². The maximum Gasteiger partial charge on any atom is 0.343 e. The van der Waals surface area contributed by atoms with Crippen molar-refractivity contribution in [2.75, 3.05) is 28.4 Å². The van der Waals surface area contributed by atoms with Gasteiger partial charge in [0.2, 0.25) is 0 Å². The molecule has 30 heavy (non-hydrogen) atoms. The zero-order valence-electron chi connectivity index (χ0n) is 17.1. The van der Waals surface area contributed by atoms with Gasteiger partial charge in [0, 0.05) is 17.5 Å². The summed E-state index contributed by atoms with van der Waals surface area (Å²) in [5, 5.41) is 11.3. The molecule has 1 unspecified atom stereocenters. The molecule has 0 bridgehead atoms. The van der Waals surface area contributed by atoms with Crippen molar-refractivity contribution in [3.63, 3.8) is 0 Å². The molecule has 0 amide bonds. The van der Waals surface area contributed by atoms with E-state index in [-0.39, 0.29) is 23.3 Å². The molecular formula is C22H22O8. The Morgan fingerprint density at radius 3 is 2.27 bits per heavy atom. The SMILES string of the molecule is COC(=O)CC(c1cc(OC)c(OC)cc1OC)c1c(O)c2ccccc2oc1=O. The molecule has 0 radical (unpaired) electrons. The second-order valence-corrected chi connectivity index (χ2v) is 6.43. The predicted octanol–water partition coefficient (Wildman–Crippen LogP) is 3.22. The van der Waals surface area contributed by atoms with Crippen molar-refractivity contribution in [1.29, 1.82) is 0 Å². The second-order valence-electron chi connectivity index (χ2n) is 6.43. The van der Waals surface area contributed by atoms with Gasteiger partial charge in [0.15, 0.2) is 11.5 Å². The highest BCUT2D eigenvalue weighted by molar-refractivity contribution is 5.85. The largest absolute Gasteiger partial charge is 0.507 e. The van der Waals surface area contributed by atoms with E-state index in [1.165, 1.54) is 28.4 Å². The maximum atomic E-state index is 12.8. The molecule has 1 atom stereocenters. The van der Waals surface area contributed by atoms with Crippen molar-refractivity contribution in [3.05, 3.63) is 57.9 Å². The zero-order chi connectivity index (χ0) is 21.8. The predicted molar refractivity (Wildman–Crippen MR) is 109 cm³/mol. The molecule has 0 aliphatic rings. The smallest absolute Gasteiger partial charge is 0.343 e. The van der Waals surface area contributed by atoms with Crippen LogP contribution in [0.2, 0.25) is 0 Å². The fourth-order valence-electron chi connectivity index (χ4n) is 3.40. The van der Waals surface area contributed by atoms with Crippen LogP contribution >= 0.6 is 0 Å². The zero-order valence-corrected chi connectivity index (χ0v) is 17.1. The Balaban J connectivity index is 2.32. The van der Waals surface area contributed by atoms with Crippen molar-refractivity contribution >= 4 is 16.9 Å². The standard InChI is InChI=1S/C22H22O8/c1-26-16-11-18(28-3)17(27-2)9-13(16)14(10-19(23)29-4)20-21(24)12-7-5-6-8-15(12)30-22(20)25/h5-9,11,14,24H,10H2,1-4H3. The molecule has 0 saturated heterocycles. The molecule has 1 N–H and O–H groups in total. The van der Waals surface area contributed by atoms with Gasteiger partial charge < -0.3 is 28.5 Å². The number of methoxy groups -OCH3 is 4. The van der Waals surface area contributed by atoms with Crippen LogP contribution in [0.5, 0.6) is 23.0 Å². The summed E-state index contributed by atoms with van der Waals surface area (Å²) < 4.78 is 26.4. The number of esters is 1. The lowest BCUT2D eigenvalue weighted by Crippen LogP contribution is -2.18. The topological polar surface area (TPSA) is 104 Å². The minimum absolute atomic E-state index is 0.0791. The van der Waals surface area contributed by atoms with Gasteiger partial charge in [-0.1, -0.05) is 12.1 Å². The number of hydrogen-bond donors (Lipinski definition) is 1. The molecule has 1 aromatic heterocycles. The first-order chi connectivity index (χ1) is 14.4. The van der Waals surface area contributed by atoms with Crippen LogP contribution in [0.4, 0.5) is 0 Å².